The monoisotopic (exact) mass is 397 g/mol. The predicted molar refractivity (Wildman–Crippen MR) is 88.2 cm³/mol. The van der Waals surface area contributed by atoms with Crippen LogP contribution in [0.2, 0.25) is 0 Å². The fourth-order valence-corrected chi connectivity index (χ4v) is 3.12. The number of hydrogen-bond donors (Lipinski definition) is 3. The van der Waals surface area contributed by atoms with Crippen molar-refractivity contribution in [3.8, 4) is 0 Å². The molecule has 3 N–H and O–H groups in total. The van der Waals surface area contributed by atoms with Crippen molar-refractivity contribution >= 4 is 15.8 Å². The van der Waals surface area contributed by atoms with Gasteiger partial charge >= 0.3 is 6.18 Å². The van der Waals surface area contributed by atoms with E-state index in [4.69, 9.17) is 9.84 Å². The molecule has 2 rings (SSSR count). The summed E-state index contributed by atoms with van der Waals surface area (Å²) < 4.78 is 70.9. The Morgan fingerprint density at radius 2 is 2.04 bits per heavy atom. The van der Waals surface area contributed by atoms with E-state index in [9.17, 15) is 21.6 Å². The molecule has 0 bridgehead atoms. The van der Waals surface area contributed by atoms with Crippen molar-refractivity contribution in [3.05, 3.63) is 17.8 Å². The first-order valence-electron chi connectivity index (χ1n) is 8.23. The molecule has 0 aromatic carbocycles. The summed E-state index contributed by atoms with van der Waals surface area (Å²) in [5.41, 5.74) is -1.16. The Morgan fingerprint density at radius 3 is 2.65 bits per heavy atom. The maximum atomic E-state index is 13.2. The first kappa shape index (κ1) is 20.9. The minimum atomic E-state index is -4.76. The van der Waals surface area contributed by atoms with Gasteiger partial charge in [-0.3, -0.25) is 0 Å². The highest BCUT2D eigenvalue weighted by molar-refractivity contribution is 7.89. The van der Waals surface area contributed by atoms with E-state index in [2.05, 4.69) is 10.3 Å². The molecule has 0 saturated heterocycles. The molecule has 1 saturated carbocycles. The maximum Gasteiger partial charge on any atom is 0.419 e. The fourth-order valence-electron chi connectivity index (χ4n) is 2.13. The van der Waals surface area contributed by atoms with Gasteiger partial charge in [0.05, 0.1) is 12.2 Å². The van der Waals surface area contributed by atoms with Gasteiger partial charge in [-0.15, -0.1) is 0 Å². The van der Waals surface area contributed by atoms with Gasteiger partial charge in [0.2, 0.25) is 10.0 Å². The van der Waals surface area contributed by atoms with Crippen LogP contribution in [0.4, 0.5) is 19.0 Å². The van der Waals surface area contributed by atoms with Crippen LogP contribution in [0.1, 0.15) is 24.8 Å². The molecule has 0 atom stereocenters. The lowest BCUT2D eigenvalue weighted by molar-refractivity contribution is -0.137. The lowest BCUT2D eigenvalue weighted by Gasteiger charge is -2.15. The molecule has 11 heteroatoms. The van der Waals surface area contributed by atoms with E-state index in [0.29, 0.717) is 31.6 Å². The molecule has 0 spiro atoms. The van der Waals surface area contributed by atoms with Crippen LogP contribution < -0.4 is 10.0 Å². The molecule has 1 aliphatic carbocycles. The van der Waals surface area contributed by atoms with Crippen LogP contribution in [0.15, 0.2) is 17.2 Å². The van der Waals surface area contributed by atoms with Crippen molar-refractivity contribution in [2.45, 2.75) is 30.3 Å². The molecule has 0 unspecified atom stereocenters. The minimum Gasteiger partial charge on any atom is -0.395 e. The van der Waals surface area contributed by atoms with Crippen molar-refractivity contribution in [3.63, 3.8) is 0 Å². The first-order chi connectivity index (χ1) is 12.2. The summed E-state index contributed by atoms with van der Waals surface area (Å²) in [5, 5.41) is 11.2. The second kappa shape index (κ2) is 8.98. The van der Waals surface area contributed by atoms with Crippen LogP contribution in [-0.2, 0) is 20.9 Å². The number of nitrogens with one attached hydrogen (secondary N) is 2. The molecule has 1 fully saturated rings. The summed E-state index contributed by atoms with van der Waals surface area (Å²) in [5.74, 6) is 0.191. The zero-order chi connectivity index (χ0) is 19.2. The summed E-state index contributed by atoms with van der Waals surface area (Å²) in [4.78, 5) is 3.01. The summed E-state index contributed by atoms with van der Waals surface area (Å²) in [6.07, 6.45) is -1.08. The Labute approximate surface area is 150 Å². The number of rotatable bonds is 11. The minimum absolute atomic E-state index is 0.218. The zero-order valence-electron chi connectivity index (χ0n) is 14.1. The summed E-state index contributed by atoms with van der Waals surface area (Å²) in [7, 11) is -4.18. The molecular formula is C15H22F3N3O4S. The van der Waals surface area contributed by atoms with Gasteiger partial charge < -0.3 is 15.2 Å². The second-order valence-corrected chi connectivity index (χ2v) is 7.75. The average Bonchev–Trinajstić information content (AvgIpc) is 3.39. The Kier molecular flexibility index (Phi) is 7.21. The Morgan fingerprint density at radius 1 is 1.31 bits per heavy atom. The average molecular weight is 397 g/mol. The molecule has 7 nitrogen and oxygen atoms in total. The number of aromatic nitrogens is 1. The molecule has 0 aliphatic heterocycles. The van der Waals surface area contributed by atoms with Crippen LogP contribution in [0.25, 0.3) is 0 Å². The fraction of sp³-hybridized carbons (Fsp3) is 0.667. The van der Waals surface area contributed by atoms with Crippen LogP contribution in [0.3, 0.4) is 0 Å². The van der Waals surface area contributed by atoms with E-state index in [1.807, 2.05) is 4.72 Å². The molecule has 26 heavy (non-hydrogen) atoms. The Bertz CT molecular complexity index is 694. The summed E-state index contributed by atoms with van der Waals surface area (Å²) >= 11 is 0. The highest BCUT2D eigenvalue weighted by atomic mass is 32.2. The number of pyridine rings is 1. The molecule has 1 heterocycles. The highest BCUT2D eigenvalue weighted by Gasteiger charge is 2.36. The third-order valence-corrected chi connectivity index (χ3v) is 5.12. The highest BCUT2D eigenvalue weighted by Crippen LogP contribution is 2.35. The number of anilines is 1. The Balaban J connectivity index is 2.00. The van der Waals surface area contributed by atoms with Gasteiger partial charge in [0.25, 0.3) is 0 Å². The first-order valence-corrected chi connectivity index (χ1v) is 9.71. The largest absolute Gasteiger partial charge is 0.419 e. The number of alkyl halides is 3. The van der Waals surface area contributed by atoms with Crippen molar-refractivity contribution < 1.29 is 31.4 Å². The smallest absolute Gasteiger partial charge is 0.395 e. The van der Waals surface area contributed by atoms with Gasteiger partial charge in [-0.2, -0.15) is 13.2 Å². The zero-order valence-corrected chi connectivity index (χ0v) is 14.9. The van der Waals surface area contributed by atoms with Gasteiger partial charge in [-0.25, -0.2) is 18.1 Å². The van der Waals surface area contributed by atoms with E-state index < -0.39 is 39.1 Å². The van der Waals surface area contributed by atoms with Crippen LogP contribution >= 0.6 is 0 Å². The van der Waals surface area contributed by atoms with E-state index in [1.165, 1.54) is 12.8 Å². The van der Waals surface area contributed by atoms with E-state index in [-0.39, 0.29) is 13.1 Å². The molecule has 1 aliphatic rings. The quantitative estimate of drug-likeness (QED) is 0.491. The molecule has 0 amide bonds. The molecule has 148 valence electrons. The van der Waals surface area contributed by atoms with Gasteiger partial charge in [-0.05, 0) is 31.2 Å². The van der Waals surface area contributed by atoms with Crippen LogP contribution in [0, 0.1) is 5.92 Å². The lowest BCUT2D eigenvalue weighted by Crippen LogP contribution is -2.27. The van der Waals surface area contributed by atoms with Gasteiger partial charge in [0.1, 0.15) is 10.7 Å². The number of aliphatic hydroxyl groups excluding tert-OH is 1. The topological polar surface area (TPSA) is 101 Å². The van der Waals surface area contributed by atoms with Crippen molar-refractivity contribution in [2.24, 2.45) is 5.92 Å². The van der Waals surface area contributed by atoms with Crippen molar-refractivity contribution in [2.75, 3.05) is 38.2 Å². The number of hydrogen-bond acceptors (Lipinski definition) is 6. The van der Waals surface area contributed by atoms with Crippen LogP contribution in [0.5, 0.6) is 0 Å². The molecule has 1 aromatic heterocycles. The van der Waals surface area contributed by atoms with Crippen LogP contribution in [-0.4, -0.2) is 51.4 Å². The van der Waals surface area contributed by atoms with E-state index >= 15 is 0 Å². The van der Waals surface area contributed by atoms with E-state index in [0.717, 1.165) is 6.20 Å². The predicted octanol–water partition coefficient (Wildman–Crippen LogP) is 1.60. The third-order valence-electron chi connectivity index (χ3n) is 3.69. The SMILES string of the molecule is O=S(=O)(NCCO)c1cnc(NCCCOCC2CC2)c(C(F)(F)F)c1. The lowest BCUT2D eigenvalue weighted by atomic mass is 10.2. The number of halogens is 3. The number of ether oxygens (including phenoxy) is 1. The van der Waals surface area contributed by atoms with Crippen molar-refractivity contribution in [1.29, 1.82) is 0 Å². The molecule has 1 aromatic rings. The standard InChI is InChI=1S/C15H22F3N3O4S/c16-15(17,18)13-8-12(26(23,24)21-5-6-22)9-20-14(13)19-4-1-7-25-10-11-2-3-11/h8-9,11,21-22H,1-7,10H2,(H,19,20). The third kappa shape index (κ3) is 6.38. The normalized spacial score (nSPS) is 15.2. The van der Waals surface area contributed by atoms with Gasteiger partial charge in [0.15, 0.2) is 0 Å². The number of sulfonamides is 1. The molecular weight excluding hydrogens is 375 g/mol. The van der Waals surface area contributed by atoms with Crippen molar-refractivity contribution in [1.82, 2.24) is 9.71 Å². The van der Waals surface area contributed by atoms with Gasteiger partial charge in [-0.1, -0.05) is 0 Å². The second-order valence-electron chi connectivity index (χ2n) is 5.98. The number of aliphatic hydroxyl groups is 1. The number of nitrogens with zero attached hydrogens (tertiary/aromatic N) is 1. The molecule has 0 radical (unpaired) electrons. The summed E-state index contributed by atoms with van der Waals surface area (Å²) in [6, 6.07) is 0.526. The van der Waals surface area contributed by atoms with Gasteiger partial charge in [0, 0.05) is 32.5 Å². The Hall–Kier alpha value is -1.43. The van der Waals surface area contributed by atoms with E-state index in [1.54, 1.807) is 0 Å². The summed E-state index contributed by atoms with van der Waals surface area (Å²) in [6.45, 7) is 0.559. The maximum absolute atomic E-state index is 13.2.